The highest BCUT2D eigenvalue weighted by atomic mass is 16.3. The second kappa shape index (κ2) is 9.43. The molecule has 2 N–H and O–H groups in total. The average Bonchev–Trinajstić information content (AvgIpc) is 3.10. The van der Waals surface area contributed by atoms with E-state index in [0.717, 1.165) is 28.8 Å². The van der Waals surface area contributed by atoms with Gasteiger partial charge in [-0.15, -0.1) is 0 Å². The molecular weight excluding hydrogens is 424 g/mol. The van der Waals surface area contributed by atoms with Crippen LogP contribution in [0.1, 0.15) is 42.4 Å². The summed E-state index contributed by atoms with van der Waals surface area (Å²) in [7, 11) is 0. The fraction of sp³-hybridized carbons (Fsp3) is 0.310. The molecule has 1 spiro atoms. The number of para-hydroxylation sites is 1. The number of fused-ring (bicyclic) bond motifs is 2. The van der Waals surface area contributed by atoms with E-state index >= 15 is 0 Å². The average molecular weight is 455 g/mol. The molecule has 34 heavy (non-hydrogen) atoms. The molecule has 5 nitrogen and oxygen atoms in total. The number of aliphatic hydroxyl groups is 1. The number of nitrogens with zero attached hydrogens (tertiary/aromatic N) is 1. The molecule has 1 aliphatic carbocycles. The van der Waals surface area contributed by atoms with Crippen molar-refractivity contribution in [2.75, 3.05) is 4.90 Å². The van der Waals surface area contributed by atoms with Gasteiger partial charge in [-0.1, -0.05) is 78.9 Å². The second-order valence-electron chi connectivity index (χ2n) is 9.36. The summed E-state index contributed by atoms with van der Waals surface area (Å²) in [4.78, 5) is 29.0. The van der Waals surface area contributed by atoms with Gasteiger partial charge in [0.2, 0.25) is 11.8 Å². The van der Waals surface area contributed by atoms with E-state index in [1.54, 1.807) is 0 Å². The van der Waals surface area contributed by atoms with Gasteiger partial charge in [-0.25, -0.2) is 0 Å². The molecule has 3 aromatic carbocycles. The predicted octanol–water partition coefficient (Wildman–Crippen LogP) is 4.13. The van der Waals surface area contributed by atoms with Crippen LogP contribution in [0, 0.1) is 0 Å². The Kier molecular flexibility index (Phi) is 6.20. The van der Waals surface area contributed by atoms with Gasteiger partial charge in [0.1, 0.15) is 0 Å². The van der Waals surface area contributed by atoms with Crippen molar-refractivity contribution in [2.45, 2.75) is 56.2 Å². The van der Waals surface area contributed by atoms with Gasteiger partial charge >= 0.3 is 0 Å². The maximum atomic E-state index is 14.1. The molecule has 2 amide bonds. The number of hydrogen-bond acceptors (Lipinski definition) is 3. The largest absolute Gasteiger partial charge is 0.391 e. The number of hydrogen-bond donors (Lipinski definition) is 2. The molecule has 1 fully saturated rings. The zero-order chi connectivity index (χ0) is 23.5. The maximum absolute atomic E-state index is 14.1. The second-order valence-corrected chi connectivity index (χ2v) is 9.36. The lowest BCUT2D eigenvalue weighted by atomic mass is 9.65. The molecule has 0 aromatic heterocycles. The van der Waals surface area contributed by atoms with Gasteiger partial charge in [-0.2, -0.15) is 0 Å². The van der Waals surface area contributed by atoms with Crippen molar-refractivity contribution >= 4 is 17.5 Å². The topological polar surface area (TPSA) is 69.6 Å². The van der Waals surface area contributed by atoms with E-state index in [0.29, 0.717) is 32.2 Å². The third-order valence-corrected chi connectivity index (χ3v) is 7.27. The van der Waals surface area contributed by atoms with Crippen LogP contribution < -0.4 is 10.2 Å². The van der Waals surface area contributed by atoms with E-state index in [4.69, 9.17) is 0 Å². The zero-order valence-electron chi connectivity index (χ0n) is 19.2. The Morgan fingerprint density at radius 2 is 1.59 bits per heavy atom. The monoisotopic (exact) mass is 454 g/mol. The quantitative estimate of drug-likeness (QED) is 0.588. The van der Waals surface area contributed by atoms with Crippen molar-refractivity contribution in [1.29, 1.82) is 0 Å². The Balaban J connectivity index is 1.44. The Bertz CT molecular complexity index is 1160. The number of nitrogens with one attached hydrogen (secondary N) is 1. The minimum atomic E-state index is -0.953. The number of benzene rings is 3. The number of rotatable bonds is 6. The van der Waals surface area contributed by atoms with Crippen LogP contribution in [0.15, 0.2) is 84.9 Å². The summed E-state index contributed by atoms with van der Waals surface area (Å²) in [6, 6.07) is 27.0. The molecule has 5 heteroatoms. The van der Waals surface area contributed by atoms with E-state index in [-0.39, 0.29) is 11.8 Å². The summed E-state index contributed by atoms with van der Waals surface area (Å²) in [6.45, 7) is 0.462. The number of carbonyl (C=O) groups is 2. The number of aryl methyl sites for hydroxylation is 1. The molecule has 1 heterocycles. The summed E-state index contributed by atoms with van der Waals surface area (Å²) < 4.78 is 0. The standard InChI is InChI=1S/C29H30N2O3/c32-25-16-9-19-29(27(25)30-26(33)18-17-21-10-3-1-4-11-21)23-14-7-8-15-24(23)31(28(29)34)20-22-12-5-2-6-13-22/h1-8,10-15,25,27,32H,9,16-20H2,(H,30,33)/t25-,27+,29-/m1/s1. The first kappa shape index (κ1) is 22.4. The molecule has 5 rings (SSSR count). The summed E-state index contributed by atoms with van der Waals surface area (Å²) in [5.74, 6) is -0.175. The Morgan fingerprint density at radius 1 is 0.941 bits per heavy atom. The summed E-state index contributed by atoms with van der Waals surface area (Å²) in [6.07, 6.45) is 2.06. The predicted molar refractivity (Wildman–Crippen MR) is 132 cm³/mol. The lowest BCUT2D eigenvalue weighted by molar-refractivity contribution is -0.131. The molecular formula is C29H30N2O3. The molecule has 0 bridgehead atoms. The number of amides is 2. The van der Waals surface area contributed by atoms with Crippen molar-refractivity contribution in [1.82, 2.24) is 5.32 Å². The van der Waals surface area contributed by atoms with Crippen molar-refractivity contribution in [2.24, 2.45) is 0 Å². The van der Waals surface area contributed by atoms with Gasteiger partial charge in [0.25, 0.3) is 0 Å². The van der Waals surface area contributed by atoms with Crippen molar-refractivity contribution < 1.29 is 14.7 Å². The zero-order valence-corrected chi connectivity index (χ0v) is 19.2. The van der Waals surface area contributed by atoms with Gasteiger partial charge in [-0.3, -0.25) is 9.59 Å². The van der Waals surface area contributed by atoms with Gasteiger partial charge in [0.05, 0.1) is 24.1 Å². The van der Waals surface area contributed by atoms with E-state index in [1.807, 2.05) is 89.8 Å². The van der Waals surface area contributed by atoms with Crippen LogP contribution in [0.2, 0.25) is 0 Å². The molecule has 174 valence electrons. The Labute approximate surface area is 200 Å². The van der Waals surface area contributed by atoms with E-state index in [9.17, 15) is 14.7 Å². The molecule has 3 aromatic rings. The first-order valence-corrected chi connectivity index (χ1v) is 12.1. The Hall–Kier alpha value is -3.44. The van der Waals surface area contributed by atoms with Crippen LogP contribution >= 0.6 is 0 Å². The normalized spacial score (nSPS) is 23.7. The first-order valence-electron chi connectivity index (χ1n) is 12.1. The third kappa shape index (κ3) is 4.01. The number of carbonyl (C=O) groups excluding carboxylic acids is 2. The van der Waals surface area contributed by atoms with Crippen LogP contribution in [0.4, 0.5) is 5.69 Å². The molecule has 0 radical (unpaired) electrons. The highest BCUT2D eigenvalue weighted by molar-refractivity contribution is 6.09. The Morgan fingerprint density at radius 3 is 2.32 bits per heavy atom. The number of aliphatic hydroxyl groups excluding tert-OH is 1. The van der Waals surface area contributed by atoms with Gasteiger partial charge in [0.15, 0.2) is 0 Å². The minimum absolute atomic E-state index is 0.0373. The van der Waals surface area contributed by atoms with Gasteiger partial charge in [-0.05, 0) is 48.4 Å². The van der Waals surface area contributed by atoms with Crippen molar-refractivity contribution in [3.05, 3.63) is 102 Å². The van der Waals surface area contributed by atoms with E-state index in [2.05, 4.69) is 5.32 Å². The van der Waals surface area contributed by atoms with Crippen LogP contribution in [0.25, 0.3) is 0 Å². The van der Waals surface area contributed by atoms with Crippen LogP contribution in [0.5, 0.6) is 0 Å². The van der Waals surface area contributed by atoms with E-state index in [1.165, 1.54) is 0 Å². The molecule has 0 saturated heterocycles. The number of anilines is 1. The maximum Gasteiger partial charge on any atom is 0.240 e. The molecule has 2 aliphatic rings. The highest BCUT2D eigenvalue weighted by Gasteiger charge is 2.58. The highest BCUT2D eigenvalue weighted by Crippen LogP contribution is 2.50. The summed E-state index contributed by atoms with van der Waals surface area (Å²) >= 11 is 0. The SMILES string of the molecule is O=C(CCc1ccccc1)N[C@H]1[C@H](O)CCC[C@]12C(=O)N(Cc1ccccc1)c1ccccc12. The molecule has 1 saturated carbocycles. The van der Waals surface area contributed by atoms with Crippen LogP contribution in [0.3, 0.4) is 0 Å². The smallest absolute Gasteiger partial charge is 0.240 e. The molecule has 1 aliphatic heterocycles. The van der Waals surface area contributed by atoms with Crippen LogP contribution in [-0.2, 0) is 28.0 Å². The fourth-order valence-electron chi connectivity index (χ4n) is 5.62. The summed E-state index contributed by atoms with van der Waals surface area (Å²) in [5.41, 5.74) is 2.96. The molecule has 0 unspecified atom stereocenters. The first-order chi connectivity index (χ1) is 16.6. The third-order valence-electron chi connectivity index (χ3n) is 7.27. The fourth-order valence-corrected chi connectivity index (χ4v) is 5.62. The van der Waals surface area contributed by atoms with Crippen molar-refractivity contribution in [3.63, 3.8) is 0 Å². The minimum Gasteiger partial charge on any atom is -0.391 e. The molecule has 3 atom stereocenters. The lowest BCUT2D eigenvalue weighted by Gasteiger charge is -2.43. The van der Waals surface area contributed by atoms with Gasteiger partial charge in [0, 0.05) is 12.1 Å². The van der Waals surface area contributed by atoms with E-state index < -0.39 is 17.6 Å². The van der Waals surface area contributed by atoms with Crippen molar-refractivity contribution in [3.8, 4) is 0 Å². The van der Waals surface area contributed by atoms with Crippen LogP contribution in [-0.4, -0.2) is 29.1 Å². The lowest BCUT2D eigenvalue weighted by Crippen LogP contribution is -2.62. The van der Waals surface area contributed by atoms with Gasteiger partial charge < -0.3 is 15.3 Å². The summed E-state index contributed by atoms with van der Waals surface area (Å²) in [5, 5.41) is 14.2.